The van der Waals surface area contributed by atoms with Crippen molar-refractivity contribution in [3.05, 3.63) is 58.6 Å². The molecule has 0 saturated carbocycles. The third-order valence-corrected chi connectivity index (χ3v) is 3.81. The number of carbonyl (C=O) groups excluding carboxylic acids is 2. The fourth-order valence-corrected chi connectivity index (χ4v) is 2.41. The van der Waals surface area contributed by atoms with E-state index in [1.54, 1.807) is 12.1 Å². The predicted molar refractivity (Wildman–Crippen MR) is 101 cm³/mol. The van der Waals surface area contributed by atoms with E-state index in [9.17, 15) is 22.8 Å². The molecule has 0 saturated heterocycles. The van der Waals surface area contributed by atoms with Crippen molar-refractivity contribution in [3.8, 4) is 0 Å². The van der Waals surface area contributed by atoms with Gasteiger partial charge in [-0.05, 0) is 48.9 Å². The maximum Gasteiger partial charge on any atom is 0.418 e. The molecule has 2 aromatic carbocycles. The highest BCUT2D eigenvalue weighted by Gasteiger charge is 2.34. The van der Waals surface area contributed by atoms with Crippen LogP contribution in [-0.4, -0.2) is 25.0 Å². The van der Waals surface area contributed by atoms with Crippen LogP contribution in [0.2, 0.25) is 5.02 Å². The fourth-order valence-electron chi connectivity index (χ4n) is 2.24. The molecule has 9 heteroatoms. The van der Waals surface area contributed by atoms with Gasteiger partial charge in [-0.3, -0.25) is 4.79 Å². The number of amides is 1. The monoisotopic (exact) mass is 414 g/mol. The molecule has 5 nitrogen and oxygen atoms in total. The SMILES string of the molecule is CCCOC(=O)c1ccc(NCC(=O)Nc2ccc(Cl)cc2C(F)(F)F)cc1. The van der Waals surface area contributed by atoms with Crippen molar-refractivity contribution in [1.82, 2.24) is 0 Å². The third-order valence-electron chi connectivity index (χ3n) is 3.57. The third kappa shape index (κ3) is 6.16. The highest BCUT2D eigenvalue weighted by molar-refractivity contribution is 6.30. The lowest BCUT2D eigenvalue weighted by molar-refractivity contribution is -0.137. The Morgan fingerprint density at radius 1 is 1.11 bits per heavy atom. The van der Waals surface area contributed by atoms with E-state index in [0.29, 0.717) is 24.3 Å². The zero-order chi connectivity index (χ0) is 20.7. The Bertz CT molecular complexity index is 839. The molecule has 0 unspecified atom stereocenters. The molecule has 150 valence electrons. The van der Waals surface area contributed by atoms with Crippen LogP contribution in [0.15, 0.2) is 42.5 Å². The number of benzene rings is 2. The Kier molecular flexibility index (Phi) is 7.28. The molecule has 0 aliphatic carbocycles. The normalized spacial score (nSPS) is 11.0. The molecule has 0 bridgehead atoms. The first-order valence-electron chi connectivity index (χ1n) is 8.38. The van der Waals surface area contributed by atoms with E-state index in [2.05, 4.69) is 10.6 Å². The Labute approximate surface area is 164 Å². The molecule has 2 rings (SSSR count). The number of esters is 1. The summed E-state index contributed by atoms with van der Waals surface area (Å²) >= 11 is 5.61. The van der Waals surface area contributed by atoms with Crippen LogP contribution < -0.4 is 10.6 Å². The van der Waals surface area contributed by atoms with Gasteiger partial charge in [0.05, 0.1) is 30.0 Å². The number of nitrogens with one attached hydrogen (secondary N) is 2. The molecule has 0 radical (unpaired) electrons. The number of hydrogen-bond donors (Lipinski definition) is 2. The topological polar surface area (TPSA) is 67.4 Å². The van der Waals surface area contributed by atoms with E-state index in [0.717, 1.165) is 12.1 Å². The quantitative estimate of drug-likeness (QED) is 0.627. The van der Waals surface area contributed by atoms with E-state index in [4.69, 9.17) is 16.3 Å². The largest absolute Gasteiger partial charge is 0.462 e. The molecule has 0 aromatic heterocycles. The summed E-state index contributed by atoms with van der Waals surface area (Å²) in [5.74, 6) is -1.12. The van der Waals surface area contributed by atoms with Gasteiger partial charge in [0.15, 0.2) is 0 Å². The van der Waals surface area contributed by atoms with Gasteiger partial charge in [0.25, 0.3) is 0 Å². The predicted octanol–water partition coefficient (Wildman–Crippen LogP) is 4.98. The Morgan fingerprint density at radius 3 is 2.39 bits per heavy atom. The van der Waals surface area contributed by atoms with Gasteiger partial charge in [-0.25, -0.2) is 4.79 Å². The standard InChI is InChI=1S/C19H18ClF3N2O3/c1-2-9-28-18(27)12-3-6-14(7-4-12)24-11-17(26)25-16-8-5-13(20)10-15(16)19(21,22)23/h3-8,10,24H,2,9,11H2,1H3,(H,25,26). The van der Waals surface area contributed by atoms with Gasteiger partial charge in [-0.15, -0.1) is 0 Å². The number of halogens is 4. The molecule has 0 atom stereocenters. The van der Waals surface area contributed by atoms with E-state index < -0.39 is 23.6 Å². The van der Waals surface area contributed by atoms with E-state index in [-0.39, 0.29) is 17.3 Å². The first-order chi connectivity index (χ1) is 13.2. The minimum Gasteiger partial charge on any atom is -0.462 e. The molecule has 1 amide bonds. The van der Waals surface area contributed by atoms with Crippen LogP contribution in [0.5, 0.6) is 0 Å². The Hall–Kier alpha value is -2.74. The number of anilines is 2. The van der Waals surface area contributed by atoms with E-state index in [1.807, 2.05) is 6.92 Å². The molecule has 2 N–H and O–H groups in total. The maximum absolute atomic E-state index is 13.0. The number of hydrogen-bond acceptors (Lipinski definition) is 4. The fraction of sp³-hybridized carbons (Fsp3) is 0.263. The van der Waals surface area contributed by atoms with Gasteiger partial charge in [0.2, 0.25) is 5.91 Å². The maximum atomic E-state index is 13.0. The lowest BCUT2D eigenvalue weighted by Gasteiger charge is -2.14. The van der Waals surface area contributed by atoms with Crippen LogP contribution in [0.4, 0.5) is 24.5 Å². The first-order valence-corrected chi connectivity index (χ1v) is 8.76. The van der Waals surface area contributed by atoms with Gasteiger partial charge >= 0.3 is 12.1 Å². The van der Waals surface area contributed by atoms with Gasteiger partial charge in [-0.2, -0.15) is 13.2 Å². The average Bonchev–Trinajstić information content (AvgIpc) is 2.65. The lowest BCUT2D eigenvalue weighted by Crippen LogP contribution is -2.23. The zero-order valence-electron chi connectivity index (χ0n) is 14.9. The summed E-state index contributed by atoms with van der Waals surface area (Å²) in [6.45, 7) is 1.94. The number of ether oxygens (including phenoxy) is 1. The van der Waals surface area contributed by atoms with E-state index >= 15 is 0 Å². The van der Waals surface area contributed by atoms with Crippen LogP contribution in [0.25, 0.3) is 0 Å². The van der Waals surface area contributed by atoms with Crippen molar-refractivity contribution >= 4 is 34.9 Å². The Balaban J connectivity index is 1.95. The summed E-state index contributed by atoms with van der Waals surface area (Å²) in [5.41, 5.74) is -0.519. The van der Waals surface area contributed by atoms with Crippen LogP contribution in [0.1, 0.15) is 29.3 Å². The summed E-state index contributed by atoms with van der Waals surface area (Å²) in [6, 6.07) is 9.30. The molecule has 28 heavy (non-hydrogen) atoms. The van der Waals surface area contributed by atoms with Crippen molar-refractivity contribution < 1.29 is 27.5 Å². The van der Waals surface area contributed by atoms with Gasteiger partial charge in [0, 0.05) is 10.7 Å². The summed E-state index contributed by atoms with van der Waals surface area (Å²) in [6.07, 6.45) is -3.94. The molecule has 0 aliphatic heterocycles. The number of rotatable bonds is 7. The molecular formula is C19H18ClF3N2O3. The van der Waals surface area contributed by atoms with Crippen LogP contribution in [0, 0.1) is 0 Å². The summed E-state index contributed by atoms with van der Waals surface area (Å²) in [7, 11) is 0. The van der Waals surface area contributed by atoms with E-state index in [1.165, 1.54) is 18.2 Å². The van der Waals surface area contributed by atoms with Gasteiger partial charge in [-0.1, -0.05) is 18.5 Å². The minimum atomic E-state index is -4.65. The highest BCUT2D eigenvalue weighted by atomic mass is 35.5. The minimum absolute atomic E-state index is 0.0824. The van der Waals surface area contributed by atoms with Crippen LogP contribution in [0.3, 0.4) is 0 Å². The van der Waals surface area contributed by atoms with Crippen LogP contribution in [-0.2, 0) is 15.7 Å². The lowest BCUT2D eigenvalue weighted by atomic mass is 10.1. The molecule has 0 heterocycles. The zero-order valence-corrected chi connectivity index (χ0v) is 15.7. The van der Waals surface area contributed by atoms with Gasteiger partial charge < -0.3 is 15.4 Å². The van der Waals surface area contributed by atoms with Gasteiger partial charge in [0.1, 0.15) is 0 Å². The molecule has 0 fully saturated rings. The summed E-state index contributed by atoms with van der Waals surface area (Å²) in [4.78, 5) is 23.7. The molecule has 0 aliphatic rings. The second-order valence-electron chi connectivity index (χ2n) is 5.80. The first kappa shape index (κ1) is 21.6. The Morgan fingerprint density at radius 2 is 1.79 bits per heavy atom. The molecule has 2 aromatic rings. The van der Waals surface area contributed by atoms with Crippen molar-refractivity contribution in [2.45, 2.75) is 19.5 Å². The number of carbonyl (C=O) groups is 2. The number of alkyl halides is 3. The smallest absolute Gasteiger partial charge is 0.418 e. The average molecular weight is 415 g/mol. The second-order valence-corrected chi connectivity index (χ2v) is 6.24. The van der Waals surface area contributed by atoms with Crippen molar-refractivity contribution in [1.29, 1.82) is 0 Å². The van der Waals surface area contributed by atoms with Crippen LogP contribution >= 0.6 is 11.6 Å². The molecule has 0 spiro atoms. The van der Waals surface area contributed by atoms with Crippen molar-refractivity contribution in [2.75, 3.05) is 23.8 Å². The summed E-state index contributed by atoms with van der Waals surface area (Å²) < 4.78 is 44.1. The van der Waals surface area contributed by atoms with Crippen molar-refractivity contribution in [2.24, 2.45) is 0 Å². The highest BCUT2D eigenvalue weighted by Crippen LogP contribution is 2.36. The molecular weight excluding hydrogens is 397 g/mol. The van der Waals surface area contributed by atoms with Crippen molar-refractivity contribution in [3.63, 3.8) is 0 Å². The summed E-state index contributed by atoms with van der Waals surface area (Å²) in [5, 5.41) is 4.90. The second kappa shape index (κ2) is 9.45.